The fourth-order valence-corrected chi connectivity index (χ4v) is 2.88. The lowest BCUT2D eigenvalue weighted by Gasteiger charge is -2.30. The van der Waals surface area contributed by atoms with E-state index in [0.29, 0.717) is 11.8 Å². The predicted octanol–water partition coefficient (Wildman–Crippen LogP) is 3.94. The summed E-state index contributed by atoms with van der Waals surface area (Å²) >= 11 is 6.04. The average Bonchev–Trinajstić information content (AvgIpc) is 2.46. The number of halogens is 1. The molecule has 0 saturated carbocycles. The largest absolute Gasteiger partial charge is 0.372 e. The second-order valence-corrected chi connectivity index (χ2v) is 5.09. The number of alkyl halides is 1. The van der Waals surface area contributed by atoms with Crippen molar-refractivity contribution >= 4 is 22.5 Å². The molecule has 2 atom stereocenters. The van der Waals surface area contributed by atoms with Crippen molar-refractivity contribution < 1.29 is 4.74 Å². The highest BCUT2D eigenvalue weighted by molar-refractivity contribution is 6.18. The molecule has 1 aromatic heterocycles. The van der Waals surface area contributed by atoms with Crippen molar-refractivity contribution in [1.29, 1.82) is 0 Å². The Morgan fingerprint density at radius 3 is 3.00 bits per heavy atom. The first-order valence-corrected chi connectivity index (χ1v) is 6.95. The number of ether oxygens (including phenoxy) is 1. The molecular weight excluding hydrogens is 246 g/mol. The number of rotatable bonds is 2. The Labute approximate surface area is 112 Å². The van der Waals surface area contributed by atoms with E-state index in [-0.39, 0.29) is 6.10 Å². The maximum atomic E-state index is 6.04. The van der Waals surface area contributed by atoms with Gasteiger partial charge < -0.3 is 4.74 Å². The molecule has 2 nitrogen and oxygen atoms in total. The number of nitrogens with zero attached hydrogens (tertiary/aromatic N) is 1. The molecule has 3 rings (SSSR count). The van der Waals surface area contributed by atoms with E-state index in [1.807, 2.05) is 18.2 Å². The summed E-state index contributed by atoms with van der Waals surface area (Å²) in [6.45, 7) is 0.812. The highest BCUT2D eigenvalue weighted by Crippen LogP contribution is 2.34. The minimum atomic E-state index is 0.0563. The van der Waals surface area contributed by atoms with Gasteiger partial charge in [0, 0.05) is 23.8 Å². The highest BCUT2D eigenvalue weighted by Gasteiger charge is 2.27. The molecule has 1 aromatic carbocycles. The lowest BCUT2D eigenvalue weighted by atomic mass is 9.93. The molecule has 94 valence electrons. The summed E-state index contributed by atoms with van der Waals surface area (Å²) in [6.07, 6.45) is 2.28. The molecule has 0 aliphatic carbocycles. The number of aromatic nitrogens is 1. The van der Waals surface area contributed by atoms with Crippen molar-refractivity contribution in [3.05, 3.63) is 42.1 Å². The monoisotopic (exact) mass is 261 g/mol. The number of pyridine rings is 1. The van der Waals surface area contributed by atoms with Gasteiger partial charge in [0.15, 0.2) is 0 Å². The van der Waals surface area contributed by atoms with Crippen molar-refractivity contribution in [2.75, 3.05) is 12.5 Å². The van der Waals surface area contributed by atoms with Gasteiger partial charge in [0.25, 0.3) is 0 Å². The first-order chi connectivity index (χ1) is 8.88. The summed E-state index contributed by atoms with van der Waals surface area (Å²) in [4.78, 5) is 4.71. The number of fused-ring (bicyclic) bond motifs is 1. The molecule has 1 fully saturated rings. The van der Waals surface area contributed by atoms with Crippen molar-refractivity contribution in [1.82, 2.24) is 4.98 Å². The van der Waals surface area contributed by atoms with E-state index in [1.165, 1.54) is 5.39 Å². The first-order valence-electron chi connectivity index (χ1n) is 6.42. The van der Waals surface area contributed by atoms with Crippen LogP contribution in [0.1, 0.15) is 24.6 Å². The average molecular weight is 262 g/mol. The van der Waals surface area contributed by atoms with Gasteiger partial charge in [-0.15, -0.1) is 11.6 Å². The number of hydrogen-bond acceptors (Lipinski definition) is 2. The summed E-state index contributed by atoms with van der Waals surface area (Å²) in [5.74, 6) is 1.02. The molecule has 3 heteroatoms. The normalized spacial score (nSPS) is 24.3. The molecule has 2 unspecified atom stereocenters. The molecule has 0 amide bonds. The minimum absolute atomic E-state index is 0.0563. The smallest absolute Gasteiger partial charge is 0.103 e. The Balaban J connectivity index is 1.97. The SMILES string of the molecule is ClCC1CCCOC1c1ccc2ccccc2n1. The van der Waals surface area contributed by atoms with Crippen LogP contribution in [0.4, 0.5) is 0 Å². The standard InChI is InChI=1S/C15H16ClNO/c16-10-12-5-3-9-18-15(12)14-8-7-11-4-1-2-6-13(11)17-14/h1-2,4,6-8,12,15H,3,5,9-10H2. The third kappa shape index (κ3) is 2.23. The van der Waals surface area contributed by atoms with Crippen molar-refractivity contribution in [2.24, 2.45) is 5.92 Å². The molecule has 0 spiro atoms. The van der Waals surface area contributed by atoms with Crippen LogP contribution in [0.3, 0.4) is 0 Å². The second-order valence-electron chi connectivity index (χ2n) is 4.78. The number of benzene rings is 1. The minimum Gasteiger partial charge on any atom is -0.372 e. The van der Waals surface area contributed by atoms with Gasteiger partial charge in [0.2, 0.25) is 0 Å². The quantitative estimate of drug-likeness (QED) is 0.764. The van der Waals surface area contributed by atoms with Crippen LogP contribution in [-0.2, 0) is 4.74 Å². The topological polar surface area (TPSA) is 22.1 Å². The highest BCUT2D eigenvalue weighted by atomic mass is 35.5. The fraction of sp³-hybridized carbons (Fsp3) is 0.400. The van der Waals surface area contributed by atoms with Crippen LogP contribution in [0.2, 0.25) is 0 Å². The Morgan fingerprint density at radius 1 is 1.22 bits per heavy atom. The van der Waals surface area contributed by atoms with E-state index >= 15 is 0 Å². The number of hydrogen-bond donors (Lipinski definition) is 0. The molecule has 2 heterocycles. The van der Waals surface area contributed by atoms with Crippen LogP contribution < -0.4 is 0 Å². The van der Waals surface area contributed by atoms with E-state index in [0.717, 1.165) is 30.7 Å². The van der Waals surface area contributed by atoms with Gasteiger partial charge in [-0.25, -0.2) is 0 Å². The first kappa shape index (κ1) is 11.9. The Kier molecular flexibility index (Phi) is 3.48. The van der Waals surface area contributed by atoms with Gasteiger partial charge in [0.1, 0.15) is 6.10 Å². The summed E-state index contributed by atoms with van der Waals surface area (Å²) in [5, 5.41) is 1.17. The lowest BCUT2D eigenvalue weighted by molar-refractivity contribution is -0.0231. The predicted molar refractivity (Wildman–Crippen MR) is 73.9 cm³/mol. The third-order valence-electron chi connectivity index (χ3n) is 3.55. The van der Waals surface area contributed by atoms with Gasteiger partial charge in [0.05, 0.1) is 11.2 Å². The van der Waals surface area contributed by atoms with Crippen LogP contribution in [0.15, 0.2) is 36.4 Å². The lowest BCUT2D eigenvalue weighted by Crippen LogP contribution is -2.24. The Morgan fingerprint density at radius 2 is 2.11 bits per heavy atom. The molecule has 1 saturated heterocycles. The van der Waals surface area contributed by atoms with Gasteiger partial charge in [-0.1, -0.05) is 24.3 Å². The molecule has 0 bridgehead atoms. The molecule has 0 radical (unpaired) electrons. The van der Waals surface area contributed by atoms with Crippen LogP contribution in [0, 0.1) is 5.92 Å². The molecule has 1 aliphatic heterocycles. The van der Waals surface area contributed by atoms with Gasteiger partial charge in [-0.05, 0) is 25.0 Å². The molecule has 1 aliphatic rings. The number of para-hydroxylation sites is 1. The zero-order valence-corrected chi connectivity index (χ0v) is 10.9. The third-order valence-corrected chi connectivity index (χ3v) is 3.95. The zero-order chi connectivity index (χ0) is 12.4. The van der Waals surface area contributed by atoms with Crippen LogP contribution >= 0.6 is 11.6 Å². The van der Waals surface area contributed by atoms with Crippen molar-refractivity contribution in [3.63, 3.8) is 0 Å². The Bertz CT molecular complexity index is 543. The van der Waals surface area contributed by atoms with Crippen LogP contribution in [-0.4, -0.2) is 17.5 Å². The van der Waals surface area contributed by atoms with E-state index in [1.54, 1.807) is 0 Å². The van der Waals surface area contributed by atoms with E-state index in [9.17, 15) is 0 Å². The summed E-state index contributed by atoms with van der Waals surface area (Å²) in [6, 6.07) is 12.3. The van der Waals surface area contributed by atoms with Crippen molar-refractivity contribution in [3.8, 4) is 0 Å². The van der Waals surface area contributed by atoms with Gasteiger partial charge in [-0.3, -0.25) is 4.98 Å². The van der Waals surface area contributed by atoms with Gasteiger partial charge in [-0.2, -0.15) is 0 Å². The van der Waals surface area contributed by atoms with E-state index in [4.69, 9.17) is 21.3 Å². The molecule has 18 heavy (non-hydrogen) atoms. The Hall–Kier alpha value is -1.12. The van der Waals surface area contributed by atoms with Crippen LogP contribution in [0.25, 0.3) is 10.9 Å². The molecule has 2 aromatic rings. The molecular formula is C15H16ClNO. The van der Waals surface area contributed by atoms with Gasteiger partial charge >= 0.3 is 0 Å². The van der Waals surface area contributed by atoms with Crippen molar-refractivity contribution in [2.45, 2.75) is 18.9 Å². The summed E-state index contributed by atoms with van der Waals surface area (Å²) < 4.78 is 5.87. The summed E-state index contributed by atoms with van der Waals surface area (Å²) in [5.41, 5.74) is 2.04. The molecule has 0 N–H and O–H groups in total. The maximum absolute atomic E-state index is 6.04. The van der Waals surface area contributed by atoms with Crippen LogP contribution in [0.5, 0.6) is 0 Å². The van der Waals surface area contributed by atoms with E-state index in [2.05, 4.69) is 18.2 Å². The van der Waals surface area contributed by atoms with E-state index < -0.39 is 0 Å². The summed E-state index contributed by atoms with van der Waals surface area (Å²) in [7, 11) is 0. The second kappa shape index (κ2) is 5.25. The fourth-order valence-electron chi connectivity index (χ4n) is 2.57. The maximum Gasteiger partial charge on any atom is 0.103 e. The zero-order valence-electron chi connectivity index (χ0n) is 10.2.